The van der Waals surface area contributed by atoms with Crippen LogP contribution in [0.25, 0.3) is 0 Å². The minimum absolute atomic E-state index is 0.539. The Bertz CT molecular complexity index is 1140. The summed E-state index contributed by atoms with van der Waals surface area (Å²) < 4.78 is 37.4. The Labute approximate surface area is 346 Å². The summed E-state index contributed by atoms with van der Waals surface area (Å²) in [6.45, 7) is 12.9. The van der Waals surface area contributed by atoms with E-state index in [2.05, 4.69) is 54.5 Å². The molecular weight excluding hydrogens is 712 g/mol. The van der Waals surface area contributed by atoms with Crippen molar-refractivity contribution >= 4 is 16.9 Å². The van der Waals surface area contributed by atoms with Crippen LogP contribution >= 0.6 is 6.83 Å². The molecule has 0 aliphatic carbocycles. The summed E-state index contributed by atoms with van der Waals surface area (Å²) >= 11 is 0. The molecule has 0 fully saturated rings. The molecule has 5 heteroatoms. The molecule has 0 atom stereocenters. The van der Waals surface area contributed by atoms with Gasteiger partial charge in [-0.3, -0.25) is 0 Å². The maximum absolute atomic E-state index is 15.1. The fourth-order valence-corrected chi connectivity index (χ4v) is 18.6. The van der Waals surface area contributed by atoms with E-state index >= 15 is 8.42 Å². The smallest absolute Gasteiger partial charge is 0.0654 e. The van der Waals surface area contributed by atoms with Gasteiger partial charge in [0.25, 0.3) is 0 Å². The van der Waals surface area contributed by atoms with Gasteiger partial charge in [0.2, 0.25) is 0 Å². The zero-order valence-corrected chi connectivity index (χ0v) is 40.1. The van der Waals surface area contributed by atoms with Crippen LogP contribution in [0.3, 0.4) is 0 Å². The summed E-state index contributed by atoms with van der Waals surface area (Å²) in [4.78, 5) is 0.539. The Morgan fingerprint density at radius 2 is 0.727 bits per heavy atom. The molecule has 0 aliphatic rings. The summed E-state index contributed by atoms with van der Waals surface area (Å²) in [5.41, 5.74) is 3.95. The number of benzene rings is 1. The summed E-state index contributed by atoms with van der Waals surface area (Å²) in [5.74, 6) is 0. The Kier molecular flexibility index (Phi) is 31.0. The molecule has 0 bridgehead atoms. The van der Waals surface area contributed by atoms with E-state index in [9.17, 15) is 0 Å². The molecule has 0 N–H and O–H groups in total. The zero-order valence-electron chi connectivity index (χ0n) is 38.4. The summed E-state index contributed by atoms with van der Waals surface area (Å²) in [5, 5.41) is 0. The van der Waals surface area contributed by atoms with Crippen molar-refractivity contribution in [2.45, 2.75) is 265 Å². The van der Waals surface area contributed by atoms with Crippen molar-refractivity contribution in [1.82, 2.24) is 0 Å². The topological polar surface area (TPSA) is 43.4 Å². The van der Waals surface area contributed by atoms with E-state index in [0.717, 1.165) is 101 Å². The van der Waals surface area contributed by atoms with Crippen molar-refractivity contribution in [3.63, 3.8) is 0 Å². The van der Waals surface area contributed by atoms with Gasteiger partial charge >= 0.3 is 289 Å². The van der Waals surface area contributed by atoms with Gasteiger partial charge in [-0.15, -0.1) is 0 Å². The molecule has 1 rings (SSSR count). The number of aryl methyl sites for hydroxylation is 1. The van der Waals surface area contributed by atoms with Gasteiger partial charge in [-0.2, -0.15) is 0 Å². The molecule has 0 radical (unpaired) electrons. The Morgan fingerprint density at radius 1 is 0.400 bits per heavy atom. The molecule has 0 saturated carbocycles. The average Bonchev–Trinajstić information content (AvgIpc) is 3.19. The fourth-order valence-electron chi connectivity index (χ4n) is 9.06. The first kappa shape index (κ1) is 52.6. The number of hydrogen-bond donors (Lipinski definition) is 0. The van der Waals surface area contributed by atoms with Gasteiger partial charge in [-0.05, 0) is 0 Å². The van der Waals surface area contributed by atoms with Gasteiger partial charge in [0, 0.05) is 0 Å². The van der Waals surface area contributed by atoms with Crippen LogP contribution in [0.1, 0.15) is 258 Å². The Hall–Kier alpha value is -0.440. The molecule has 0 aromatic heterocycles. The van der Waals surface area contributed by atoms with E-state index in [-0.39, 0.29) is 0 Å². The molecular formula is C50H97O3PS. The van der Waals surface area contributed by atoms with Gasteiger partial charge < -0.3 is 0 Å². The molecule has 0 unspecified atom stereocenters. The fraction of sp³-hybridized carbons (Fsp3) is 0.880. The van der Waals surface area contributed by atoms with Gasteiger partial charge in [0.05, 0.1) is 0 Å². The molecule has 1 aromatic rings. The minimum atomic E-state index is -3.94. The first-order valence-corrected chi connectivity index (χ1v) is 29.1. The molecule has 1 aromatic carbocycles. The van der Waals surface area contributed by atoms with E-state index in [0.29, 0.717) is 4.90 Å². The second-order valence-corrected chi connectivity index (χ2v) is 25.4. The quantitative estimate of drug-likeness (QED) is 0.0490. The van der Waals surface area contributed by atoms with Crippen LogP contribution in [-0.2, 0) is 33.4 Å². The number of hydrogen-bond acceptors (Lipinski definition) is 3. The molecule has 0 saturated heterocycles. The van der Waals surface area contributed by atoms with E-state index in [1.807, 2.05) is 6.07 Å². The van der Waals surface area contributed by atoms with Crippen LogP contribution < -0.4 is 0 Å². The third-order valence-corrected chi connectivity index (χ3v) is 22.3. The van der Waals surface area contributed by atoms with Crippen LogP contribution in [0.4, 0.5) is 0 Å². The molecule has 0 aliphatic heterocycles. The monoisotopic (exact) mass is 809 g/mol. The predicted octanol–water partition coefficient (Wildman–Crippen LogP) is 17.3. The molecule has 326 valence electrons. The van der Waals surface area contributed by atoms with E-state index in [1.54, 1.807) is 0 Å². The van der Waals surface area contributed by atoms with Gasteiger partial charge in [-0.1, -0.05) is 59.3 Å². The number of unbranched alkanes of at least 4 members (excludes halogenated alkanes) is 24. The van der Waals surface area contributed by atoms with Crippen LogP contribution in [0, 0.1) is 0 Å². The van der Waals surface area contributed by atoms with Gasteiger partial charge in [-0.25, -0.2) is 0 Å². The van der Waals surface area contributed by atoms with Crippen molar-refractivity contribution in [1.29, 1.82) is 0 Å². The number of rotatable bonds is 40. The first-order chi connectivity index (χ1) is 26.7. The second-order valence-electron chi connectivity index (χ2n) is 17.8. The molecule has 55 heavy (non-hydrogen) atoms. The summed E-state index contributed by atoms with van der Waals surface area (Å²) in [6, 6.07) is 4.26. The van der Waals surface area contributed by atoms with Crippen LogP contribution in [0.2, 0.25) is 0 Å². The first-order valence-electron chi connectivity index (χ1n) is 24.8. The van der Waals surface area contributed by atoms with E-state index in [1.165, 1.54) is 152 Å². The summed E-state index contributed by atoms with van der Waals surface area (Å²) in [7, 11) is -3.94. The van der Waals surface area contributed by atoms with Crippen LogP contribution in [0.5, 0.6) is 0 Å². The van der Waals surface area contributed by atoms with Crippen molar-refractivity contribution in [2.24, 2.45) is 0 Å². The van der Waals surface area contributed by atoms with Crippen LogP contribution in [-0.4, -0.2) is 33.1 Å². The van der Waals surface area contributed by atoms with E-state index in [4.69, 9.17) is 3.97 Å². The molecule has 3 nitrogen and oxygen atoms in total. The Balaban J connectivity index is 3.60. The third-order valence-electron chi connectivity index (χ3n) is 13.0. The average molecular weight is 809 g/mol. The standard InChI is InChI=1S/C50H97O3PS/c1-8-15-21-24-27-30-33-36-39-47-42-43-50(55(51,52)53-54(14-7,44-18-11-4,45-19-12-5)46-20-13-6)49(41-38-35-32-29-26-23-17-10-3)48(47)40-37-34-31-28-25-22-16-9-2/h42-43H,8-41,44-46H2,1-7H3. The predicted molar refractivity (Wildman–Crippen MR) is 250 cm³/mol. The van der Waals surface area contributed by atoms with Crippen molar-refractivity contribution in [2.75, 3.05) is 24.6 Å². The Morgan fingerprint density at radius 3 is 1.09 bits per heavy atom. The second kappa shape index (κ2) is 32.4. The normalized spacial score (nSPS) is 13.0. The minimum Gasteiger partial charge on any atom is -0.0654 e. The van der Waals surface area contributed by atoms with Gasteiger partial charge in [0.1, 0.15) is 0 Å². The van der Waals surface area contributed by atoms with Crippen molar-refractivity contribution < 1.29 is 12.4 Å². The van der Waals surface area contributed by atoms with Crippen molar-refractivity contribution in [3.8, 4) is 0 Å². The van der Waals surface area contributed by atoms with Crippen LogP contribution in [0.15, 0.2) is 17.0 Å². The SMILES string of the molecule is CCCCCCCCCCc1ccc(S(=O)(=O)OP(CC)(CCCC)(CCCC)CCCC)c(CCCCCCCCCC)c1CCCCCCCCCC. The molecule has 0 heterocycles. The molecule has 0 amide bonds. The maximum atomic E-state index is 15.1. The third kappa shape index (κ3) is 21.4. The summed E-state index contributed by atoms with van der Waals surface area (Å²) in [6.07, 6.45) is 44.1. The van der Waals surface area contributed by atoms with E-state index < -0.39 is 16.9 Å². The van der Waals surface area contributed by atoms with Crippen molar-refractivity contribution in [3.05, 3.63) is 28.8 Å². The van der Waals surface area contributed by atoms with Gasteiger partial charge in [0.15, 0.2) is 0 Å². The zero-order chi connectivity index (χ0) is 40.5. The molecule has 0 spiro atoms.